The molecule has 3 heterocycles. The SMILES string of the molecule is CCOC(=O)C1=C(C)N=c2s/c(=C/[C@@H]3C(=O)N(c4ccccc4)N=C3C)c(=O)n2[C@H]1c1cc(OC)ccc1OC. The van der Waals surface area contributed by atoms with Crippen molar-refractivity contribution in [1.82, 2.24) is 4.57 Å². The van der Waals surface area contributed by atoms with E-state index in [1.165, 1.54) is 23.8 Å². The fourth-order valence-electron chi connectivity index (χ4n) is 4.83. The predicted molar refractivity (Wildman–Crippen MR) is 151 cm³/mol. The summed E-state index contributed by atoms with van der Waals surface area (Å²) in [6.45, 7) is 5.33. The minimum Gasteiger partial charge on any atom is -0.497 e. The van der Waals surface area contributed by atoms with Crippen LogP contribution in [0.3, 0.4) is 0 Å². The van der Waals surface area contributed by atoms with Crippen LogP contribution in [0, 0.1) is 5.92 Å². The molecule has 0 aliphatic carbocycles. The van der Waals surface area contributed by atoms with Crippen LogP contribution in [-0.4, -0.2) is 43.0 Å². The summed E-state index contributed by atoms with van der Waals surface area (Å²) in [7, 11) is 3.05. The lowest BCUT2D eigenvalue weighted by molar-refractivity contribution is -0.139. The number of thiazole rings is 1. The standard InChI is InChI=1S/C29H28N4O6S/c1-6-39-28(36)24-17(3)30-29-32(25(24)21-14-19(37-4)12-13-22(21)38-5)27(35)23(40-29)15-20-16(2)31-33(26(20)34)18-10-8-7-9-11-18/h7-15,20,25H,6H2,1-5H3/b23-15+/t20-,25-/m0/s1. The first-order valence-electron chi connectivity index (χ1n) is 12.6. The Hall–Kier alpha value is -4.51. The van der Waals surface area contributed by atoms with Crippen molar-refractivity contribution in [3.05, 3.63) is 85.1 Å². The van der Waals surface area contributed by atoms with E-state index in [4.69, 9.17) is 14.2 Å². The smallest absolute Gasteiger partial charge is 0.338 e. The second-order valence-corrected chi connectivity index (χ2v) is 10.1. The Morgan fingerprint density at radius 3 is 2.50 bits per heavy atom. The highest BCUT2D eigenvalue weighted by atomic mass is 32.1. The zero-order valence-corrected chi connectivity index (χ0v) is 23.5. The molecule has 206 valence electrons. The van der Waals surface area contributed by atoms with Gasteiger partial charge in [0.1, 0.15) is 23.5 Å². The zero-order chi connectivity index (χ0) is 28.6. The molecule has 1 amide bonds. The van der Waals surface area contributed by atoms with Crippen LogP contribution in [0.2, 0.25) is 0 Å². The zero-order valence-electron chi connectivity index (χ0n) is 22.7. The summed E-state index contributed by atoms with van der Waals surface area (Å²) in [4.78, 5) is 45.5. The third kappa shape index (κ3) is 4.62. The first-order chi connectivity index (χ1) is 19.3. The molecule has 0 spiro atoms. The molecule has 0 unspecified atom stereocenters. The van der Waals surface area contributed by atoms with E-state index in [-0.39, 0.29) is 18.1 Å². The number of methoxy groups -OCH3 is 2. The lowest BCUT2D eigenvalue weighted by Crippen LogP contribution is -2.40. The van der Waals surface area contributed by atoms with Gasteiger partial charge in [-0.25, -0.2) is 9.79 Å². The molecular formula is C29H28N4O6S. The van der Waals surface area contributed by atoms with E-state index < -0.39 is 23.5 Å². The molecule has 0 saturated carbocycles. The molecule has 2 atom stereocenters. The monoisotopic (exact) mass is 560 g/mol. The maximum atomic E-state index is 14.0. The molecule has 11 heteroatoms. The Balaban J connectivity index is 1.68. The van der Waals surface area contributed by atoms with Gasteiger partial charge in [0, 0.05) is 5.56 Å². The van der Waals surface area contributed by atoms with Crippen molar-refractivity contribution in [1.29, 1.82) is 0 Å². The van der Waals surface area contributed by atoms with Crippen LogP contribution in [0.4, 0.5) is 5.69 Å². The number of benzene rings is 2. The topological polar surface area (TPSA) is 112 Å². The number of para-hydroxylation sites is 1. The van der Waals surface area contributed by atoms with E-state index in [0.29, 0.717) is 43.5 Å². The number of fused-ring (bicyclic) bond motifs is 1. The van der Waals surface area contributed by atoms with Gasteiger partial charge in [-0.15, -0.1) is 0 Å². The van der Waals surface area contributed by atoms with E-state index in [0.717, 1.165) is 11.3 Å². The van der Waals surface area contributed by atoms with Crippen molar-refractivity contribution in [2.75, 3.05) is 25.8 Å². The summed E-state index contributed by atoms with van der Waals surface area (Å²) in [6, 6.07) is 13.4. The van der Waals surface area contributed by atoms with Gasteiger partial charge in [0.05, 0.1) is 48.0 Å². The number of carbonyl (C=O) groups is 2. The highest BCUT2D eigenvalue weighted by molar-refractivity contribution is 7.07. The normalized spacial score (nSPS) is 18.8. The van der Waals surface area contributed by atoms with E-state index in [2.05, 4.69) is 10.1 Å². The number of rotatable bonds is 7. The fourth-order valence-corrected chi connectivity index (χ4v) is 5.89. The second kappa shape index (κ2) is 10.9. The van der Waals surface area contributed by atoms with Gasteiger partial charge in [0.25, 0.3) is 11.5 Å². The number of nitrogens with zero attached hydrogens (tertiary/aromatic N) is 4. The van der Waals surface area contributed by atoms with E-state index in [1.54, 1.807) is 57.2 Å². The van der Waals surface area contributed by atoms with Crippen LogP contribution in [0.25, 0.3) is 6.08 Å². The number of hydrogen-bond donors (Lipinski definition) is 0. The lowest BCUT2D eigenvalue weighted by Gasteiger charge is -2.26. The minimum atomic E-state index is -0.891. The average molecular weight is 561 g/mol. The summed E-state index contributed by atoms with van der Waals surface area (Å²) >= 11 is 1.15. The van der Waals surface area contributed by atoms with Crippen molar-refractivity contribution in [2.45, 2.75) is 26.8 Å². The molecule has 2 aromatic carbocycles. The van der Waals surface area contributed by atoms with Crippen molar-refractivity contribution in [3.63, 3.8) is 0 Å². The van der Waals surface area contributed by atoms with Crippen LogP contribution in [0.15, 0.2) is 74.7 Å². The first-order valence-corrected chi connectivity index (χ1v) is 13.5. The van der Waals surface area contributed by atoms with Gasteiger partial charge in [0.2, 0.25) is 0 Å². The highest BCUT2D eigenvalue weighted by Gasteiger charge is 2.37. The minimum absolute atomic E-state index is 0.155. The van der Waals surface area contributed by atoms with Crippen LogP contribution < -0.4 is 29.4 Å². The lowest BCUT2D eigenvalue weighted by atomic mass is 9.94. The fraction of sp³-hybridized carbons (Fsp3) is 0.276. The summed E-state index contributed by atoms with van der Waals surface area (Å²) in [5.74, 6) is -0.578. The summed E-state index contributed by atoms with van der Waals surface area (Å²) in [5.41, 5.74) is 1.99. The molecule has 0 saturated heterocycles. The Labute approximate surface area is 234 Å². The maximum absolute atomic E-state index is 14.0. The van der Waals surface area contributed by atoms with E-state index in [1.807, 2.05) is 18.2 Å². The number of carbonyl (C=O) groups excluding carboxylic acids is 2. The molecule has 10 nitrogen and oxygen atoms in total. The number of ether oxygens (including phenoxy) is 3. The largest absolute Gasteiger partial charge is 0.497 e. The van der Waals surface area contributed by atoms with Crippen LogP contribution in [0.5, 0.6) is 11.5 Å². The van der Waals surface area contributed by atoms with Crippen molar-refractivity contribution in [3.8, 4) is 11.5 Å². The van der Waals surface area contributed by atoms with Gasteiger partial charge in [-0.1, -0.05) is 29.5 Å². The number of amides is 1. The molecule has 0 N–H and O–H groups in total. The third-order valence-corrected chi connectivity index (χ3v) is 7.75. The molecule has 2 aliphatic heterocycles. The third-order valence-electron chi connectivity index (χ3n) is 6.75. The number of aromatic nitrogens is 1. The summed E-state index contributed by atoms with van der Waals surface area (Å²) in [5, 5.41) is 5.79. The maximum Gasteiger partial charge on any atom is 0.338 e. The van der Waals surface area contributed by atoms with E-state index >= 15 is 0 Å². The van der Waals surface area contributed by atoms with Crippen LogP contribution >= 0.6 is 11.3 Å². The summed E-state index contributed by atoms with van der Waals surface area (Å²) < 4.78 is 18.2. The summed E-state index contributed by atoms with van der Waals surface area (Å²) in [6.07, 6.45) is 1.62. The molecular weight excluding hydrogens is 532 g/mol. The number of allylic oxidation sites excluding steroid dienone is 1. The van der Waals surface area contributed by atoms with Gasteiger partial charge in [0.15, 0.2) is 4.80 Å². The highest BCUT2D eigenvalue weighted by Crippen LogP contribution is 2.38. The number of hydrazone groups is 1. The molecule has 0 radical (unpaired) electrons. The van der Waals surface area contributed by atoms with Gasteiger partial charge in [-0.05, 0) is 57.2 Å². The van der Waals surface area contributed by atoms with Crippen LogP contribution in [0.1, 0.15) is 32.4 Å². The molecule has 40 heavy (non-hydrogen) atoms. The molecule has 0 bridgehead atoms. The Kier molecular flexibility index (Phi) is 7.40. The Bertz CT molecular complexity index is 1740. The number of hydrogen-bond acceptors (Lipinski definition) is 9. The first kappa shape index (κ1) is 27.1. The molecule has 1 aromatic heterocycles. The number of anilines is 1. The van der Waals surface area contributed by atoms with Gasteiger partial charge in [-0.2, -0.15) is 10.1 Å². The molecule has 2 aliphatic rings. The van der Waals surface area contributed by atoms with Crippen LogP contribution in [-0.2, 0) is 14.3 Å². The Morgan fingerprint density at radius 2 is 1.82 bits per heavy atom. The quantitative estimate of drug-likeness (QED) is 0.411. The van der Waals surface area contributed by atoms with Gasteiger partial charge >= 0.3 is 5.97 Å². The Morgan fingerprint density at radius 1 is 1.07 bits per heavy atom. The predicted octanol–water partition coefficient (Wildman–Crippen LogP) is 2.81. The molecule has 5 rings (SSSR count). The van der Waals surface area contributed by atoms with Gasteiger partial charge < -0.3 is 14.2 Å². The second-order valence-electron chi connectivity index (χ2n) is 9.14. The van der Waals surface area contributed by atoms with Crippen molar-refractivity contribution in [2.24, 2.45) is 16.0 Å². The van der Waals surface area contributed by atoms with Crippen molar-refractivity contribution >= 4 is 40.7 Å². The average Bonchev–Trinajstić information content (AvgIpc) is 3.42. The van der Waals surface area contributed by atoms with Crippen molar-refractivity contribution < 1.29 is 23.8 Å². The van der Waals surface area contributed by atoms with E-state index in [9.17, 15) is 14.4 Å². The van der Waals surface area contributed by atoms with Gasteiger partial charge in [-0.3, -0.25) is 14.2 Å². The number of esters is 1. The molecule has 3 aromatic rings. The molecule has 0 fully saturated rings.